The first kappa shape index (κ1) is 14.8. The fourth-order valence-corrected chi connectivity index (χ4v) is 2.91. The Morgan fingerprint density at radius 1 is 1.26 bits per heavy atom. The van der Waals surface area contributed by atoms with Crippen molar-refractivity contribution in [3.05, 3.63) is 34.9 Å². The van der Waals surface area contributed by atoms with E-state index in [1.807, 2.05) is 24.3 Å². The molecule has 1 aromatic carbocycles. The lowest BCUT2D eigenvalue weighted by Crippen LogP contribution is -2.42. The lowest BCUT2D eigenvalue weighted by atomic mass is 9.98. The van der Waals surface area contributed by atoms with Gasteiger partial charge in [0, 0.05) is 24.2 Å². The van der Waals surface area contributed by atoms with Gasteiger partial charge >= 0.3 is 0 Å². The van der Waals surface area contributed by atoms with Gasteiger partial charge in [-0.2, -0.15) is 0 Å². The van der Waals surface area contributed by atoms with Gasteiger partial charge < -0.3 is 10.2 Å². The number of hydrogen-bond donors (Lipinski definition) is 2. The monoisotopic (exact) mass is 283 g/mol. The Morgan fingerprint density at radius 2 is 2.00 bits per heavy atom. The maximum Gasteiger partial charge on any atom is 0.0917 e. The third-order valence-electron chi connectivity index (χ3n) is 3.87. The van der Waals surface area contributed by atoms with Gasteiger partial charge in [0.2, 0.25) is 0 Å². The van der Waals surface area contributed by atoms with Crippen LogP contribution in [-0.2, 0) is 0 Å². The van der Waals surface area contributed by atoms with Crippen molar-refractivity contribution in [1.29, 1.82) is 0 Å². The molecule has 106 valence electrons. The van der Waals surface area contributed by atoms with Crippen LogP contribution in [0.5, 0.6) is 0 Å². The number of halogens is 1. The summed E-state index contributed by atoms with van der Waals surface area (Å²) in [4.78, 5) is 2.30. The van der Waals surface area contributed by atoms with Crippen LogP contribution in [0.15, 0.2) is 24.3 Å². The van der Waals surface area contributed by atoms with Crippen molar-refractivity contribution in [3.8, 4) is 0 Å². The van der Waals surface area contributed by atoms with E-state index >= 15 is 0 Å². The van der Waals surface area contributed by atoms with Crippen LogP contribution in [0.25, 0.3) is 0 Å². The summed E-state index contributed by atoms with van der Waals surface area (Å²) in [7, 11) is 0. The zero-order chi connectivity index (χ0) is 13.7. The van der Waals surface area contributed by atoms with Crippen molar-refractivity contribution in [2.45, 2.75) is 37.8 Å². The maximum absolute atomic E-state index is 10.3. The molecule has 1 saturated heterocycles. The van der Waals surface area contributed by atoms with Gasteiger partial charge in [-0.15, -0.1) is 0 Å². The zero-order valence-corrected chi connectivity index (χ0v) is 11.9. The summed E-state index contributed by atoms with van der Waals surface area (Å²) < 4.78 is 0. The topological polar surface area (TPSA) is 43.7 Å². The summed E-state index contributed by atoms with van der Waals surface area (Å²) in [6.07, 6.45) is 3.82. The minimum absolute atomic E-state index is 0.220. The first-order valence-corrected chi connectivity index (χ1v) is 7.37. The van der Waals surface area contributed by atoms with Crippen LogP contribution in [0.4, 0.5) is 0 Å². The van der Waals surface area contributed by atoms with Gasteiger partial charge in [-0.25, -0.2) is 0 Å². The van der Waals surface area contributed by atoms with E-state index in [9.17, 15) is 5.11 Å². The number of aliphatic hydroxyl groups excluding tert-OH is 2. The average molecular weight is 284 g/mol. The second kappa shape index (κ2) is 7.25. The van der Waals surface area contributed by atoms with E-state index in [0.717, 1.165) is 24.9 Å². The molecular weight excluding hydrogens is 262 g/mol. The Labute approximate surface area is 119 Å². The van der Waals surface area contributed by atoms with Crippen LogP contribution in [0, 0.1) is 0 Å². The van der Waals surface area contributed by atoms with E-state index < -0.39 is 6.10 Å². The molecule has 1 aliphatic heterocycles. The molecule has 0 unspecified atom stereocenters. The van der Waals surface area contributed by atoms with Crippen LogP contribution in [0.1, 0.15) is 37.4 Å². The largest absolute Gasteiger partial charge is 0.396 e. The molecule has 4 heteroatoms. The highest BCUT2D eigenvalue weighted by Crippen LogP contribution is 2.24. The molecule has 3 nitrogen and oxygen atoms in total. The van der Waals surface area contributed by atoms with Crippen molar-refractivity contribution in [3.63, 3.8) is 0 Å². The minimum atomic E-state index is -0.489. The van der Waals surface area contributed by atoms with E-state index in [0.29, 0.717) is 17.6 Å². The Bertz CT molecular complexity index is 380. The highest BCUT2D eigenvalue weighted by atomic mass is 35.5. The number of hydrogen-bond acceptors (Lipinski definition) is 3. The maximum atomic E-state index is 10.3. The highest BCUT2D eigenvalue weighted by Gasteiger charge is 2.24. The van der Waals surface area contributed by atoms with Gasteiger partial charge in [0.05, 0.1) is 6.10 Å². The number of piperidine rings is 1. The molecule has 0 radical (unpaired) electrons. The number of β-amino-alcohol motifs (C(OH)–C–C–N with tert-alkyl or cyclic N) is 1. The molecular formula is C15H22ClNO2. The van der Waals surface area contributed by atoms with Gasteiger partial charge in [0.15, 0.2) is 0 Å². The molecule has 2 rings (SSSR count). The van der Waals surface area contributed by atoms with Crippen LogP contribution in [-0.4, -0.2) is 40.9 Å². The second-order valence-electron chi connectivity index (χ2n) is 5.22. The number of benzene rings is 1. The number of nitrogens with zero attached hydrogens (tertiary/aromatic N) is 1. The minimum Gasteiger partial charge on any atom is -0.396 e. The quantitative estimate of drug-likeness (QED) is 0.873. The van der Waals surface area contributed by atoms with Crippen LogP contribution in [0.2, 0.25) is 5.02 Å². The Morgan fingerprint density at radius 3 is 2.68 bits per heavy atom. The molecule has 0 spiro atoms. The predicted octanol–water partition coefficient (Wildman–Crippen LogP) is 2.61. The smallest absolute Gasteiger partial charge is 0.0917 e. The van der Waals surface area contributed by atoms with Gasteiger partial charge in [-0.05, 0) is 43.5 Å². The van der Waals surface area contributed by atoms with E-state index in [1.54, 1.807) is 0 Å². The molecule has 0 aliphatic carbocycles. The van der Waals surface area contributed by atoms with E-state index in [-0.39, 0.29) is 6.61 Å². The van der Waals surface area contributed by atoms with E-state index in [4.69, 9.17) is 16.7 Å². The SMILES string of the molecule is OCC[C@@H]1CCCCN1C[C@@H](O)c1ccc(Cl)cc1. The molecule has 0 bridgehead atoms. The molecule has 0 amide bonds. The summed E-state index contributed by atoms with van der Waals surface area (Å²) >= 11 is 5.85. The van der Waals surface area contributed by atoms with Crippen molar-refractivity contribution in [1.82, 2.24) is 4.90 Å². The van der Waals surface area contributed by atoms with E-state index in [1.165, 1.54) is 12.8 Å². The Balaban J connectivity index is 1.96. The summed E-state index contributed by atoms with van der Waals surface area (Å²) in [6.45, 7) is 1.86. The first-order chi connectivity index (χ1) is 9.20. The summed E-state index contributed by atoms with van der Waals surface area (Å²) in [5, 5.41) is 20.1. The van der Waals surface area contributed by atoms with Crippen LogP contribution < -0.4 is 0 Å². The van der Waals surface area contributed by atoms with Crippen molar-refractivity contribution >= 4 is 11.6 Å². The van der Waals surface area contributed by atoms with Crippen molar-refractivity contribution in [2.24, 2.45) is 0 Å². The summed E-state index contributed by atoms with van der Waals surface area (Å²) in [6, 6.07) is 7.76. The molecule has 2 atom stereocenters. The lowest BCUT2D eigenvalue weighted by molar-refractivity contribution is 0.0565. The fourth-order valence-electron chi connectivity index (χ4n) is 2.79. The van der Waals surface area contributed by atoms with Crippen molar-refractivity contribution in [2.75, 3.05) is 19.7 Å². The molecule has 0 saturated carbocycles. The second-order valence-corrected chi connectivity index (χ2v) is 5.66. The lowest BCUT2D eigenvalue weighted by Gasteiger charge is -2.36. The summed E-state index contributed by atoms with van der Waals surface area (Å²) in [5.74, 6) is 0. The van der Waals surface area contributed by atoms with Gasteiger partial charge in [0.25, 0.3) is 0 Å². The molecule has 1 heterocycles. The zero-order valence-electron chi connectivity index (χ0n) is 11.1. The molecule has 2 N–H and O–H groups in total. The summed E-state index contributed by atoms with van der Waals surface area (Å²) in [5.41, 5.74) is 0.901. The third-order valence-corrected chi connectivity index (χ3v) is 4.13. The normalized spacial score (nSPS) is 22.4. The average Bonchev–Trinajstić information content (AvgIpc) is 2.42. The molecule has 1 aromatic rings. The predicted molar refractivity (Wildman–Crippen MR) is 77.3 cm³/mol. The first-order valence-electron chi connectivity index (χ1n) is 6.99. The van der Waals surface area contributed by atoms with Crippen LogP contribution in [0.3, 0.4) is 0 Å². The fraction of sp³-hybridized carbons (Fsp3) is 0.600. The third kappa shape index (κ3) is 4.18. The number of rotatable bonds is 5. The number of likely N-dealkylation sites (tertiary alicyclic amines) is 1. The van der Waals surface area contributed by atoms with Gasteiger partial charge in [0.1, 0.15) is 0 Å². The van der Waals surface area contributed by atoms with Crippen LogP contribution >= 0.6 is 11.6 Å². The standard InChI is InChI=1S/C15H22ClNO2/c16-13-6-4-12(5-7-13)15(19)11-17-9-2-1-3-14(17)8-10-18/h4-7,14-15,18-19H,1-3,8-11H2/t14-,15+/m0/s1. The Hall–Kier alpha value is -0.610. The number of aliphatic hydroxyl groups is 2. The van der Waals surface area contributed by atoms with E-state index in [2.05, 4.69) is 4.90 Å². The highest BCUT2D eigenvalue weighted by molar-refractivity contribution is 6.30. The van der Waals surface area contributed by atoms with Crippen molar-refractivity contribution < 1.29 is 10.2 Å². The molecule has 1 aliphatic rings. The Kier molecular flexibility index (Phi) is 5.64. The molecule has 0 aromatic heterocycles. The molecule has 1 fully saturated rings. The molecule has 19 heavy (non-hydrogen) atoms. The van der Waals surface area contributed by atoms with Gasteiger partial charge in [-0.1, -0.05) is 30.2 Å². The van der Waals surface area contributed by atoms with Gasteiger partial charge in [-0.3, -0.25) is 4.90 Å².